The fourth-order valence-electron chi connectivity index (χ4n) is 2.64. The van der Waals surface area contributed by atoms with Crippen LogP contribution in [0, 0.1) is 13.8 Å². The van der Waals surface area contributed by atoms with E-state index in [4.69, 9.17) is 5.48 Å². The molecular formula is C20H21N. The molecule has 3 rings (SSSR count). The van der Waals surface area contributed by atoms with E-state index >= 15 is 0 Å². The Morgan fingerprint density at radius 3 is 2.62 bits per heavy atom. The SMILES string of the molecule is [2H]c1cc2cc(C(C)C)ccc2c(-c2cc(C)cc(C([2H])([2H])[2H])c2)n1. The highest BCUT2D eigenvalue weighted by atomic mass is 14.7. The molecular weight excluding hydrogens is 254 g/mol. The van der Waals surface area contributed by atoms with Crippen LogP contribution in [0.15, 0.2) is 48.6 Å². The Morgan fingerprint density at radius 2 is 1.86 bits per heavy atom. The molecule has 0 saturated carbocycles. The molecule has 0 aliphatic heterocycles. The number of hydrogen-bond donors (Lipinski definition) is 0. The number of fused-ring (bicyclic) bond motifs is 1. The number of nitrogens with zero attached hydrogens (tertiary/aromatic N) is 1. The Bertz CT molecular complexity index is 942. The molecule has 0 aliphatic rings. The zero-order valence-electron chi connectivity index (χ0n) is 16.6. The monoisotopic (exact) mass is 279 g/mol. The lowest BCUT2D eigenvalue weighted by atomic mass is 9.96. The summed E-state index contributed by atoms with van der Waals surface area (Å²) in [7, 11) is 0. The van der Waals surface area contributed by atoms with Crippen molar-refractivity contribution >= 4 is 10.8 Å². The van der Waals surface area contributed by atoms with Crippen LogP contribution in [0.2, 0.25) is 0 Å². The number of aryl methyl sites for hydroxylation is 2. The number of pyridine rings is 1. The van der Waals surface area contributed by atoms with E-state index in [1.165, 1.54) is 5.56 Å². The fraction of sp³-hybridized carbons (Fsp3) is 0.250. The zero-order chi connectivity index (χ0) is 18.4. The van der Waals surface area contributed by atoms with Crippen molar-refractivity contribution in [3.63, 3.8) is 0 Å². The van der Waals surface area contributed by atoms with Gasteiger partial charge in [0.15, 0.2) is 0 Å². The van der Waals surface area contributed by atoms with E-state index in [9.17, 15) is 0 Å². The second kappa shape index (κ2) is 5.33. The Labute approximate surface area is 132 Å². The van der Waals surface area contributed by atoms with Gasteiger partial charge in [0.25, 0.3) is 0 Å². The van der Waals surface area contributed by atoms with Crippen LogP contribution >= 0.6 is 0 Å². The van der Waals surface area contributed by atoms with Crippen molar-refractivity contribution in [2.75, 3.05) is 0 Å². The van der Waals surface area contributed by atoms with Crippen molar-refractivity contribution in [3.8, 4) is 11.3 Å². The van der Waals surface area contributed by atoms with Crippen molar-refractivity contribution in [1.82, 2.24) is 4.98 Å². The minimum Gasteiger partial charge on any atom is -0.256 e. The highest BCUT2D eigenvalue weighted by Crippen LogP contribution is 2.29. The molecule has 1 aromatic heterocycles. The molecule has 0 saturated heterocycles. The molecule has 21 heavy (non-hydrogen) atoms. The third-order valence-corrected chi connectivity index (χ3v) is 3.74. The van der Waals surface area contributed by atoms with E-state index in [1.54, 1.807) is 18.2 Å². The Hall–Kier alpha value is -2.15. The average molecular weight is 279 g/mol. The van der Waals surface area contributed by atoms with Crippen LogP contribution < -0.4 is 0 Å². The van der Waals surface area contributed by atoms with Crippen molar-refractivity contribution in [1.29, 1.82) is 0 Å². The van der Waals surface area contributed by atoms with Crippen LogP contribution in [0.4, 0.5) is 0 Å². The molecule has 1 heterocycles. The van der Waals surface area contributed by atoms with Crippen LogP contribution in [-0.2, 0) is 0 Å². The first-order chi connectivity index (χ1) is 11.6. The summed E-state index contributed by atoms with van der Waals surface area (Å²) in [4.78, 5) is 4.39. The average Bonchev–Trinajstić information content (AvgIpc) is 2.51. The van der Waals surface area contributed by atoms with Gasteiger partial charge in [0.1, 0.15) is 0 Å². The third-order valence-electron chi connectivity index (χ3n) is 3.74. The molecule has 1 heteroatoms. The molecule has 0 bridgehead atoms. The first kappa shape index (κ1) is 9.73. The van der Waals surface area contributed by atoms with Crippen LogP contribution in [0.3, 0.4) is 0 Å². The summed E-state index contributed by atoms with van der Waals surface area (Å²) in [5, 5.41) is 1.89. The standard InChI is InChI=1S/C20H21N/c1-13(2)16-5-6-19-17(12-16)7-8-21-20(19)18-10-14(3)9-15(4)11-18/h5-13H,1-4H3/i3D3,8D. The molecule has 0 radical (unpaired) electrons. The first-order valence-corrected chi connectivity index (χ1v) is 7.19. The lowest BCUT2D eigenvalue weighted by molar-refractivity contribution is 0.869. The molecule has 1 nitrogen and oxygen atoms in total. The van der Waals surface area contributed by atoms with Crippen LogP contribution in [0.25, 0.3) is 22.0 Å². The second-order valence-electron chi connectivity index (χ2n) is 5.82. The number of rotatable bonds is 2. The van der Waals surface area contributed by atoms with E-state index in [1.807, 2.05) is 19.1 Å². The van der Waals surface area contributed by atoms with E-state index in [-0.39, 0.29) is 6.17 Å². The van der Waals surface area contributed by atoms with Crippen molar-refractivity contribution in [3.05, 3.63) is 65.3 Å². The highest BCUT2D eigenvalue weighted by molar-refractivity contribution is 5.95. The maximum Gasteiger partial charge on any atom is 0.0840 e. The molecule has 0 unspecified atom stereocenters. The van der Waals surface area contributed by atoms with Gasteiger partial charge >= 0.3 is 0 Å². The molecule has 106 valence electrons. The molecule has 0 fully saturated rings. The van der Waals surface area contributed by atoms with Crippen molar-refractivity contribution in [2.24, 2.45) is 0 Å². The topological polar surface area (TPSA) is 12.9 Å². The Balaban J connectivity index is 2.27. The lowest BCUT2D eigenvalue weighted by Crippen LogP contribution is -1.91. The summed E-state index contributed by atoms with van der Waals surface area (Å²) < 4.78 is 31.1. The van der Waals surface area contributed by atoms with Gasteiger partial charge in [-0.3, -0.25) is 4.98 Å². The van der Waals surface area contributed by atoms with Gasteiger partial charge in [0, 0.05) is 21.2 Å². The summed E-state index contributed by atoms with van der Waals surface area (Å²) >= 11 is 0. The number of aromatic nitrogens is 1. The van der Waals surface area contributed by atoms with Gasteiger partial charge in [-0.1, -0.05) is 49.2 Å². The third kappa shape index (κ3) is 2.69. The fourth-order valence-corrected chi connectivity index (χ4v) is 2.64. The molecule has 3 aromatic rings. The first-order valence-electron chi connectivity index (χ1n) is 9.19. The van der Waals surface area contributed by atoms with Gasteiger partial charge in [-0.05, 0) is 48.8 Å². The van der Waals surface area contributed by atoms with E-state index in [0.717, 1.165) is 21.9 Å². The van der Waals surface area contributed by atoms with Gasteiger partial charge in [0.2, 0.25) is 0 Å². The quantitative estimate of drug-likeness (QED) is 0.591. The highest BCUT2D eigenvalue weighted by Gasteiger charge is 2.08. The van der Waals surface area contributed by atoms with Crippen molar-refractivity contribution in [2.45, 2.75) is 33.5 Å². The molecule has 2 aromatic carbocycles. The largest absolute Gasteiger partial charge is 0.256 e. The Kier molecular flexibility index (Phi) is 2.47. The molecule has 0 spiro atoms. The minimum atomic E-state index is -2.17. The number of benzene rings is 2. The van der Waals surface area contributed by atoms with Crippen LogP contribution in [0.1, 0.15) is 41.9 Å². The number of hydrogen-bond acceptors (Lipinski definition) is 1. The second-order valence-corrected chi connectivity index (χ2v) is 5.82. The van der Waals surface area contributed by atoms with E-state index < -0.39 is 6.85 Å². The summed E-state index contributed by atoms with van der Waals surface area (Å²) in [6, 6.07) is 13.2. The maximum atomic E-state index is 8.05. The minimum absolute atomic E-state index is 0.181. The maximum absolute atomic E-state index is 8.05. The van der Waals surface area contributed by atoms with Crippen LogP contribution in [0.5, 0.6) is 0 Å². The summed E-state index contributed by atoms with van der Waals surface area (Å²) in [5.74, 6) is 0.399. The smallest absolute Gasteiger partial charge is 0.0840 e. The van der Waals surface area contributed by atoms with Crippen LogP contribution in [-0.4, -0.2) is 4.98 Å². The van der Waals surface area contributed by atoms with E-state index in [0.29, 0.717) is 17.2 Å². The summed E-state index contributed by atoms with van der Waals surface area (Å²) in [6.07, 6.45) is 0.181. The van der Waals surface area contributed by atoms with Crippen molar-refractivity contribution < 1.29 is 5.48 Å². The predicted molar refractivity (Wildman–Crippen MR) is 90.7 cm³/mol. The normalized spacial score (nSPS) is 14.7. The van der Waals surface area contributed by atoms with Gasteiger partial charge in [0.05, 0.1) is 7.06 Å². The summed E-state index contributed by atoms with van der Waals surface area (Å²) in [5.41, 5.74) is 3.77. The lowest BCUT2D eigenvalue weighted by Gasteiger charge is -2.11. The Morgan fingerprint density at radius 1 is 1.05 bits per heavy atom. The summed E-state index contributed by atoms with van der Waals surface area (Å²) in [6.45, 7) is 3.98. The van der Waals surface area contributed by atoms with Gasteiger partial charge in [-0.2, -0.15) is 0 Å². The molecule has 0 N–H and O–H groups in total. The molecule has 0 aliphatic carbocycles. The van der Waals surface area contributed by atoms with Gasteiger partial charge in [-0.25, -0.2) is 0 Å². The predicted octanol–water partition coefficient (Wildman–Crippen LogP) is 5.64. The van der Waals surface area contributed by atoms with E-state index in [2.05, 4.69) is 31.0 Å². The zero-order valence-corrected chi connectivity index (χ0v) is 12.6. The van der Waals surface area contributed by atoms with Gasteiger partial charge < -0.3 is 0 Å². The molecule has 0 amide bonds. The molecule has 0 atom stereocenters. The van der Waals surface area contributed by atoms with Gasteiger partial charge in [-0.15, -0.1) is 0 Å².